The SMILES string of the molecule is COCC(=O)N[C@@H]1c2ccccc2[C@@H]2CN(Cc3cccc(F)c3)C[C@H]12. The van der Waals surface area contributed by atoms with Gasteiger partial charge in [0, 0.05) is 38.6 Å². The molecule has 0 spiro atoms. The predicted octanol–water partition coefficient (Wildman–Crippen LogP) is 2.86. The van der Waals surface area contributed by atoms with Gasteiger partial charge in [0.1, 0.15) is 12.4 Å². The highest BCUT2D eigenvalue weighted by atomic mass is 19.1. The fourth-order valence-corrected chi connectivity index (χ4v) is 4.50. The van der Waals surface area contributed by atoms with Gasteiger partial charge in [-0.25, -0.2) is 4.39 Å². The molecule has 1 N–H and O–H groups in total. The molecule has 1 heterocycles. The molecule has 0 bridgehead atoms. The van der Waals surface area contributed by atoms with Gasteiger partial charge in [-0.15, -0.1) is 0 Å². The molecule has 1 aliphatic carbocycles. The van der Waals surface area contributed by atoms with E-state index in [1.165, 1.54) is 24.3 Å². The van der Waals surface area contributed by atoms with E-state index in [1.54, 1.807) is 12.1 Å². The molecule has 4 nitrogen and oxygen atoms in total. The van der Waals surface area contributed by atoms with Gasteiger partial charge in [0.15, 0.2) is 0 Å². The minimum Gasteiger partial charge on any atom is -0.375 e. The molecule has 136 valence electrons. The third kappa shape index (κ3) is 3.24. The molecule has 0 aromatic heterocycles. The quantitative estimate of drug-likeness (QED) is 0.898. The van der Waals surface area contributed by atoms with Crippen LogP contribution in [0.3, 0.4) is 0 Å². The molecule has 0 saturated carbocycles. The van der Waals surface area contributed by atoms with Gasteiger partial charge >= 0.3 is 0 Å². The van der Waals surface area contributed by atoms with Crippen LogP contribution in [-0.4, -0.2) is 37.6 Å². The molecule has 26 heavy (non-hydrogen) atoms. The van der Waals surface area contributed by atoms with Gasteiger partial charge in [0.25, 0.3) is 0 Å². The lowest BCUT2D eigenvalue weighted by atomic mass is 9.94. The Morgan fingerprint density at radius 3 is 2.77 bits per heavy atom. The second-order valence-electron chi connectivity index (χ2n) is 7.20. The lowest BCUT2D eigenvalue weighted by Gasteiger charge is -2.23. The molecule has 3 atom stereocenters. The third-order valence-corrected chi connectivity index (χ3v) is 5.49. The van der Waals surface area contributed by atoms with Crippen LogP contribution in [0, 0.1) is 11.7 Å². The van der Waals surface area contributed by atoms with Crippen molar-refractivity contribution in [1.29, 1.82) is 0 Å². The lowest BCUT2D eigenvalue weighted by Crippen LogP contribution is -2.35. The highest BCUT2D eigenvalue weighted by Gasteiger charge is 2.46. The largest absolute Gasteiger partial charge is 0.375 e. The predicted molar refractivity (Wildman–Crippen MR) is 97.1 cm³/mol. The maximum atomic E-state index is 13.5. The van der Waals surface area contributed by atoms with Crippen molar-refractivity contribution in [3.8, 4) is 0 Å². The Hall–Kier alpha value is -2.24. The number of ether oxygens (including phenoxy) is 1. The fraction of sp³-hybridized carbons (Fsp3) is 0.381. The highest BCUT2D eigenvalue weighted by Crippen LogP contribution is 2.49. The molecule has 4 rings (SSSR count). The molecule has 2 aliphatic rings. The minimum atomic E-state index is -0.197. The first-order chi connectivity index (χ1) is 12.7. The Morgan fingerprint density at radius 2 is 2.00 bits per heavy atom. The second kappa shape index (κ2) is 7.17. The Kier molecular flexibility index (Phi) is 4.74. The molecule has 5 heteroatoms. The molecule has 1 aliphatic heterocycles. The Balaban J connectivity index is 1.54. The van der Waals surface area contributed by atoms with Crippen molar-refractivity contribution in [3.05, 3.63) is 71.0 Å². The third-order valence-electron chi connectivity index (χ3n) is 5.49. The minimum absolute atomic E-state index is 0.0105. The summed E-state index contributed by atoms with van der Waals surface area (Å²) in [4.78, 5) is 14.5. The number of hydrogen-bond acceptors (Lipinski definition) is 3. The average molecular weight is 354 g/mol. The van der Waals surface area contributed by atoms with Crippen molar-refractivity contribution in [1.82, 2.24) is 10.2 Å². The van der Waals surface area contributed by atoms with Crippen LogP contribution in [0.4, 0.5) is 4.39 Å². The zero-order valence-corrected chi connectivity index (χ0v) is 14.8. The van der Waals surface area contributed by atoms with Crippen LogP contribution in [-0.2, 0) is 16.1 Å². The first kappa shape index (κ1) is 17.2. The Bertz CT molecular complexity index is 810. The van der Waals surface area contributed by atoms with Crippen LogP contribution in [0.2, 0.25) is 0 Å². The molecule has 1 saturated heterocycles. The van der Waals surface area contributed by atoms with Crippen LogP contribution in [0.1, 0.15) is 28.7 Å². The van der Waals surface area contributed by atoms with E-state index in [2.05, 4.69) is 28.4 Å². The van der Waals surface area contributed by atoms with E-state index in [4.69, 9.17) is 4.74 Å². The number of fused-ring (bicyclic) bond motifs is 3. The summed E-state index contributed by atoms with van der Waals surface area (Å²) < 4.78 is 18.4. The van der Waals surface area contributed by atoms with Crippen molar-refractivity contribution in [3.63, 3.8) is 0 Å². The molecular weight excluding hydrogens is 331 g/mol. The van der Waals surface area contributed by atoms with Crippen LogP contribution in [0.5, 0.6) is 0 Å². The number of carbonyl (C=O) groups excluding carboxylic acids is 1. The molecule has 0 unspecified atom stereocenters. The molecule has 2 aromatic rings. The van der Waals surface area contributed by atoms with Crippen LogP contribution < -0.4 is 5.32 Å². The number of benzene rings is 2. The van der Waals surface area contributed by atoms with Gasteiger partial charge in [0.05, 0.1) is 6.04 Å². The summed E-state index contributed by atoms with van der Waals surface area (Å²) in [7, 11) is 1.53. The maximum Gasteiger partial charge on any atom is 0.246 e. The van der Waals surface area contributed by atoms with Crippen LogP contribution in [0.25, 0.3) is 0 Å². The molecule has 1 fully saturated rings. The number of nitrogens with one attached hydrogen (secondary N) is 1. The highest BCUT2D eigenvalue weighted by molar-refractivity contribution is 5.78. The zero-order valence-electron chi connectivity index (χ0n) is 14.8. The normalized spacial score (nSPS) is 24.3. The number of amides is 1. The topological polar surface area (TPSA) is 41.6 Å². The van der Waals surface area contributed by atoms with E-state index in [-0.39, 0.29) is 24.4 Å². The summed E-state index contributed by atoms with van der Waals surface area (Å²) in [6.45, 7) is 2.61. The van der Waals surface area contributed by atoms with Gasteiger partial charge in [-0.2, -0.15) is 0 Å². The monoisotopic (exact) mass is 354 g/mol. The van der Waals surface area contributed by atoms with Gasteiger partial charge in [-0.05, 0) is 28.8 Å². The first-order valence-corrected chi connectivity index (χ1v) is 8.99. The molecular formula is C21H23FN2O2. The number of halogens is 1. The summed E-state index contributed by atoms with van der Waals surface area (Å²) in [5, 5.41) is 3.15. The van der Waals surface area contributed by atoms with Gasteiger partial charge in [-0.1, -0.05) is 36.4 Å². The van der Waals surface area contributed by atoms with E-state index < -0.39 is 0 Å². The average Bonchev–Trinajstić information content (AvgIpc) is 3.14. The molecule has 1 amide bonds. The number of methoxy groups -OCH3 is 1. The van der Waals surface area contributed by atoms with Crippen molar-refractivity contribution < 1.29 is 13.9 Å². The van der Waals surface area contributed by atoms with E-state index in [1.807, 2.05) is 12.1 Å². The second-order valence-corrected chi connectivity index (χ2v) is 7.20. The van der Waals surface area contributed by atoms with Crippen molar-refractivity contribution in [2.24, 2.45) is 5.92 Å². The van der Waals surface area contributed by atoms with Crippen molar-refractivity contribution in [2.75, 3.05) is 26.8 Å². The Morgan fingerprint density at radius 1 is 1.19 bits per heavy atom. The standard InChI is InChI=1S/C21H23FN2O2/c1-26-13-20(25)23-21-17-8-3-2-7-16(17)18-11-24(12-19(18)21)10-14-5-4-6-15(22)9-14/h2-9,18-19,21H,10-13H2,1H3,(H,23,25)/t18-,19-,21+/m0/s1. The van der Waals surface area contributed by atoms with Crippen LogP contribution in [0.15, 0.2) is 48.5 Å². The van der Waals surface area contributed by atoms with Gasteiger partial charge in [-0.3, -0.25) is 9.69 Å². The van der Waals surface area contributed by atoms with Crippen molar-refractivity contribution in [2.45, 2.75) is 18.5 Å². The fourth-order valence-electron chi connectivity index (χ4n) is 4.50. The maximum absolute atomic E-state index is 13.5. The van der Waals surface area contributed by atoms with E-state index in [9.17, 15) is 9.18 Å². The molecule has 2 aromatic carbocycles. The lowest BCUT2D eigenvalue weighted by molar-refractivity contribution is -0.125. The Labute approximate surface area is 153 Å². The zero-order chi connectivity index (χ0) is 18.1. The summed E-state index contributed by atoms with van der Waals surface area (Å²) in [5.74, 6) is 0.447. The van der Waals surface area contributed by atoms with Crippen LogP contribution >= 0.6 is 0 Å². The van der Waals surface area contributed by atoms with E-state index >= 15 is 0 Å². The first-order valence-electron chi connectivity index (χ1n) is 8.99. The summed E-state index contributed by atoms with van der Waals surface area (Å²) in [6, 6.07) is 15.2. The summed E-state index contributed by atoms with van der Waals surface area (Å²) in [6.07, 6.45) is 0. The summed E-state index contributed by atoms with van der Waals surface area (Å²) >= 11 is 0. The molecule has 0 radical (unpaired) electrons. The number of rotatable bonds is 5. The summed E-state index contributed by atoms with van der Waals surface area (Å²) in [5.41, 5.74) is 3.53. The smallest absolute Gasteiger partial charge is 0.246 e. The number of likely N-dealkylation sites (tertiary alicyclic amines) is 1. The number of carbonyl (C=O) groups is 1. The van der Waals surface area contributed by atoms with E-state index in [0.717, 1.165) is 25.2 Å². The number of hydrogen-bond donors (Lipinski definition) is 1. The van der Waals surface area contributed by atoms with Crippen molar-refractivity contribution >= 4 is 5.91 Å². The van der Waals surface area contributed by atoms with Gasteiger partial charge in [0.2, 0.25) is 5.91 Å². The number of nitrogens with zero attached hydrogens (tertiary/aromatic N) is 1. The van der Waals surface area contributed by atoms with Gasteiger partial charge < -0.3 is 10.1 Å². The van der Waals surface area contributed by atoms with E-state index in [0.29, 0.717) is 11.8 Å².